The third kappa shape index (κ3) is 7.08. The highest BCUT2D eigenvalue weighted by Gasteiger charge is 2.19. The van der Waals surface area contributed by atoms with E-state index in [-0.39, 0.29) is 19.1 Å². The van der Waals surface area contributed by atoms with Crippen LogP contribution < -0.4 is 10.1 Å². The Bertz CT molecular complexity index is 1100. The molecule has 1 unspecified atom stereocenters. The molecule has 0 amide bonds. The molecule has 2 aromatic heterocycles. The number of rotatable bonds is 7. The standard InChI is InChI=1S/C12H15NO2.C11H15N5O.CH2O2/c1-3-13-6-9-4-11(8-14)12(15-2)5-10(9)7-13;1-8(6-17)16-7-13-15-11(16)9-4-3-5-10(12-2)14-9;2-1-3/h4-5,8H,3,6-7H2,1-2H3;3-5,7-8,17H,6H2,1-2H3,(H,12,14);1H,(H,2,3). The van der Waals surface area contributed by atoms with Crippen molar-refractivity contribution < 1.29 is 24.5 Å². The van der Waals surface area contributed by atoms with E-state index < -0.39 is 0 Å². The molecule has 1 atom stereocenters. The maximum absolute atomic E-state index is 10.8. The third-order valence-electron chi connectivity index (χ3n) is 5.46. The van der Waals surface area contributed by atoms with E-state index in [4.69, 9.17) is 19.7 Å². The summed E-state index contributed by atoms with van der Waals surface area (Å²) < 4.78 is 6.99. The number of carbonyl (C=O) groups excluding carboxylic acids is 1. The van der Waals surface area contributed by atoms with E-state index in [1.54, 1.807) is 13.4 Å². The Morgan fingerprint density at radius 2 is 1.91 bits per heavy atom. The molecule has 11 nitrogen and oxygen atoms in total. The largest absolute Gasteiger partial charge is 0.496 e. The van der Waals surface area contributed by atoms with Crippen molar-refractivity contribution in [1.29, 1.82) is 0 Å². The minimum Gasteiger partial charge on any atom is -0.496 e. The Kier molecular flexibility index (Phi) is 10.8. The van der Waals surface area contributed by atoms with Gasteiger partial charge in [-0.25, -0.2) is 4.98 Å². The lowest BCUT2D eigenvalue weighted by molar-refractivity contribution is -0.122. The summed E-state index contributed by atoms with van der Waals surface area (Å²) in [5, 5.41) is 26.9. The van der Waals surface area contributed by atoms with Gasteiger partial charge in [0, 0.05) is 20.1 Å². The number of pyridine rings is 1. The molecule has 188 valence electrons. The molecule has 0 bridgehead atoms. The fraction of sp³-hybridized carbons (Fsp3) is 0.375. The zero-order chi connectivity index (χ0) is 25.8. The lowest BCUT2D eigenvalue weighted by Gasteiger charge is -2.12. The molecule has 1 aromatic carbocycles. The van der Waals surface area contributed by atoms with Gasteiger partial charge in [0.15, 0.2) is 12.1 Å². The number of nitrogens with one attached hydrogen (secondary N) is 1. The molecule has 35 heavy (non-hydrogen) atoms. The van der Waals surface area contributed by atoms with Gasteiger partial charge >= 0.3 is 0 Å². The van der Waals surface area contributed by atoms with Crippen LogP contribution in [0.3, 0.4) is 0 Å². The van der Waals surface area contributed by atoms with E-state index in [0.29, 0.717) is 17.1 Å². The number of aromatic nitrogens is 4. The molecule has 0 saturated heterocycles. The van der Waals surface area contributed by atoms with E-state index in [0.717, 1.165) is 37.4 Å². The second-order valence-corrected chi connectivity index (χ2v) is 7.64. The summed E-state index contributed by atoms with van der Waals surface area (Å²) in [6, 6.07) is 9.49. The summed E-state index contributed by atoms with van der Waals surface area (Å²) in [6.07, 6.45) is 2.46. The first-order valence-corrected chi connectivity index (χ1v) is 11.1. The monoisotopic (exact) mass is 484 g/mol. The summed E-state index contributed by atoms with van der Waals surface area (Å²) in [6.45, 7) is 6.76. The maximum Gasteiger partial charge on any atom is 0.290 e. The van der Waals surface area contributed by atoms with Crippen molar-refractivity contribution in [2.75, 3.05) is 32.6 Å². The van der Waals surface area contributed by atoms with Crippen LogP contribution in [0, 0.1) is 0 Å². The number of aliphatic hydroxyl groups excluding tert-OH is 1. The van der Waals surface area contributed by atoms with Crippen LogP contribution in [0.4, 0.5) is 5.82 Å². The van der Waals surface area contributed by atoms with Gasteiger partial charge in [-0.15, -0.1) is 10.2 Å². The first kappa shape index (κ1) is 27.4. The number of anilines is 1. The molecule has 0 fully saturated rings. The highest BCUT2D eigenvalue weighted by atomic mass is 16.5. The average molecular weight is 485 g/mol. The minimum atomic E-state index is -0.250. The van der Waals surface area contributed by atoms with Crippen LogP contribution in [0.1, 0.15) is 41.4 Å². The molecule has 3 N–H and O–H groups in total. The second kappa shape index (κ2) is 13.8. The molecule has 0 radical (unpaired) electrons. The predicted octanol–water partition coefficient (Wildman–Crippen LogP) is 2.48. The molecule has 11 heteroatoms. The number of carboxylic acid groups (broad SMARTS) is 1. The molecular formula is C24H32N6O5. The summed E-state index contributed by atoms with van der Waals surface area (Å²) in [4.78, 5) is 25.9. The number of hydrogen-bond acceptors (Lipinski definition) is 9. The maximum atomic E-state index is 10.8. The van der Waals surface area contributed by atoms with E-state index >= 15 is 0 Å². The first-order valence-electron chi connectivity index (χ1n) is 11.1. The summed E-state index contributed by atoms with van der Waals surface area (Å²) >= 11 is 0. The number of hydrogen-bond donors (Lipinski definition) is 3. The zero-order valence-electron chi connectivity index (χ0n) is 20.4. The lowest BCUT2D eigenvalue weighted by atomic mass is 10.1. The zero-order valence-corrected chi connectivity index (χ0v) is 20.4. The third-order valence-corrected chi connectivity index (χ3v) is 5.46. The molecule has 0 saturated carbocycles. The minimum absolute atomic E-state index is 0.0385. The van der Waals surface area contributed by atoms with E-state index in [9.17, 15) is 4.79 Å². The van der Waals surface area contributed by atoms with Crippen LogP contribution in [0.25, 0.3) is 11.5 Å². The molecule has 0 spiro atoms. The molecular weight excluding hydrogens is 452 g/mol. The average Bonchev–Trinajstić information content (AvgIpc) is 3.55. The van der Waals surface area contributed by atoms with Gasteiger partial charge in [-0.05, 0) is 48.9 Å². The van der Waals surface area contributed by atoms with Crippen molar-refractivity contribution in [3.63, 3.8) is 0 Å². The number of benzene rings is 1. The van der Waals surface area contributed by atoms with Gasteiger partial charge in [-0.2, -0.15) is 0 Å². The Morgan fingerprint density at radius 1 is 1.23 bits per heavy atom. The quantitative estimate of drug-likeness (QED) is 0.428. The molecule has 3 aromatic rings. The summed E-state index contributed by atoms with van der Waals surface area (Å²) in [5.41, 5.74) is 3.91. The molecule has 1 aliphatic rings. The van der Waals surface area contributed by atoms with Crippen molar-refractivity contribution >= 4 is 18.6 Å². The van der Waals surface area contributed by atoms with Crippen LogP contribution in [0.5, 0.6) is 5.75 Å². The smallest absolute Gasteiger partial charge is 0.290 e. The number of aliphatic hydroxyl groups is 1. The summed E-state index contributed by atoms with van der Waals surface area (Å²) in [7, 11) is 3.41. The molecule has 1 aliphatic heterocycles. The van der Waals surface area contributed by atoms with Gasteiger partial charge < -0.3 is 24.8 Å². The number of ether oxygens (including phenoxy) is 1. The van der Waals surface area contributed by atoms with E-state index in [1.807, 2.05) is 48.9 Å². The molecule has 3 heterocycles. The number of nitrogens with zero attached hydrogens (tertiary/aromatic N) is 5. The first-order chi connectivity index (χ1) is 17.0. The number of aldehydes is 1. The van der Waals surface area contributed by atoms with E-state index in [2.05, 4.69) is 32.3 Å². The fourth-order valence-electron chi connectivity index (χ4n) is 3.55. The lowest BCUT2D eigenvalue weighted by Crippen LogP contribution is -2.14. The summed E-state index contributed by atoms with van der Waals surface area (Å²) in [5.74, 6) is 2.11. The Labute approximate surface area is 204 Å². The Balaban J connectivity index is 0.000000223. The van der Waals surface area contributed by atoms with Gasteiger partial charge in [0.2, 0.25) is 0 Å². The van der Waals surface area contributed by atoms with E-state index in [1.165, 1.54) is 11.1 Å². The number of carbonyl (C=O) groups is 2. The van der Waals surface area contributed by atoms with Gasteiger partial charge in [-0.3, -0.25) is 14.5 Å². The SMILES string of the molecule is CCN1Cc2cc(C=O)c(OC)cc2C1.CNc1cccc(-c2nncn2C(C)CO)n1.O=CO. The van der Waals surface area contributed by atoms with Crippen LogP contribution in [0.2, 0.25) is 0 Å². The van der Waals surface area contributed by atoms with Crippen molar-refractivity contribution in [3.05, 3.63) is 53.3 Å². The highest BCUT2D eigenvalue weighted by molar-refractivity contribution is 5.80. The van der Waals surface area contributed by atoms with Gasteiger partial charge in [0.1, 0.15) is 23.6 Å². The fourth-order valence-corrected chi connectivity index (χ4v) is 3.55. The van der Waals surface area contributed by atoms with Crippen LogP contribution >= 0.6 is 0 Å². The van der Waals surface area contributed by atoms with Crippen molar-refractivity contribution in [3.8, 4) is 17.3 Å². The van der Waals surface area contributed by atoms with Crippen molar-refractivity contribution in [2.45, 2.75) is 33.0 Å². The topological polar surface area (TPSA) is 143 Å². The Hall–Kier alpha value is -3.83. The van der Waals surface area contributed by atoms with Crippen molar-refractivity contribution in [2.24, 2.45) is 0 Å². The van der Waals surface area contributed by atoms with Gasteiger partial charge in [-0.1, -0.05) is 13.0 Å². The Morgan fingerprint density at radius 3 is 2.49 bits per heavy atom. The molecule has 0 aliphatic carbocycles. The molecule has 4 rings (SSSR count). The van der Waals surface area contributed by atoms with Crippen LogP contribution in [-0.4, -0.2) is 74.9 Å². The number of fused-ring (bicyclic) bond motifs is 1. The second-order valence-electron chi connectivity index (χ2n) is 7.64. The van der Waals surface area contributed by atoms with Crippen molar-refractivity contribution in [1.82, 2.24) is 24.6 Å². The number of methoxy groups -OCH3 is 1. The normalized spacial score (nSPS) is 12.8. The van der Waals surface area contributed by atoms with Gasteiger partial charge in [0.05, 0.1) is 25.3 Å². The van der Waals surface area contributed by atoms with Crippen LogP contribution in [0.15, 0.2) is 36.7 Å². The van der Waals surface area contributed by atoms with Gasteiger partial charge in [0.25, 0.3) is 6.47 Å². The highest BCUT2D eigenvalue weighted by Crippen LogP contribution is 2.29. The van der Waals surface area contributed by atoms with Crippen LogP contribution in [-0.2, 0) is 17.9 Å². The predicted molar refractivity (Wildman–Crippen MR) is 131 cm³/mol.